The summed E-state index contributed by atoms with van der Waals surface area (Å²) in [6, 6.07) is 6.58. The van der Waals surface area contributed by atoms with Gasteiger partial charge in [0.2, 0.25) is 0 Å². The molecule has 3 heteroatoms. The Morgan fingerprint density at radius 1 is 1.26 bits per heavy atom. The van der Waals surface area contributed by atoms with E-state index >= 15 is 0 Å². The first-order valence-electron chi connectivity index (χ1n) is 7.02. The van der Waals surface area contributed by atoms with Crippen molar-refractivity contribution in [3.63, 3.8) is 0 Å². The van der Waals surface area contributed by atoms with Crippen LogP contribution in [0.5, 0.6) is 0 Å². The van der Waals surface area contributed by atoms with Gasteiger partial charge in [0.15, 0.2) is 0 Å². The van der Waals surface area contributed by atoms with Crippen LogP contribution in [-0.2, 0) is 0 Å². The smallest absolute Gasteiger partial charge is 0.0654 e. The number of para-hydroxylation sites is 1. The molecule has 1 N–H and O–H groups in total. The van der Waals surface area contributed by atoms with Crippen LogP contribution in [0.15, 0.2) is 18.2 Å². The second-order valence-corrected chi connectivity index (χ2v) is 6.46. The minimum Gasteiger partial charge on any atom is -0.394 e. The summed E-state index contributed by atoms with van der Waals surface area (Å²) in [6.07, 6.45) is 0. The van der Waals surface area contributed by atoms with Crippen molar-refractivity contribution in [2.45, 2.75) is 39.3 Å². The van der Waals surface area contributed by atoms with Crippen molar-refractivity contribution in [2.75, 3.05) is 31.6 Å². The molecule has 0 amide bonds. The number of nitrogens with zero attached hydrogens (tertiary/aromatic N) is 2. The molecule has 1 aliphatic rings. The first-order chi connectivity index (χ1) is 8.86. The van der Waals surface area contributed by atoms with Gasteiger partial charge in [0.05, 0.1) is 12.6 Å². The fourth-order valence-corrected chi connectivity index (χ4v) is 3.55. The standard InChI is InChI=1S/C16H26N2O/c1-12-7-6-8-13(2)15(12)18-14(10-19)9-17(5)11-16(18,3)4/h6-8,14,19H,9-11H2,1-5H3. The van der Waals surface area contributed by atoms with Gasteiger partial charge >= 0.3 is 0 Å². The van der Waals surface area contributed by atoms with E-state index in [9.17, 15) is 5.11 Å². The fraction of sp³-hybridized carbons (Fsp3) is 0.625. The molecular weight excluding hydrogens is 236 g/mol. The molecule has 1 fully saturated rings. The lowest BCUT2D eigenvalue weighted by molar-refractivity contribution is 0.137. The van der Waals surface area contributed by atoms with Crippen molar-refractivity contribution in [3.8, 4) is 0 Å². The van der Waals surface area contributed by atoms with Crippen LogP contribution < -0.4 is 4.90 Å². The minimum atomic E-state index is 0.0251. The zero-order chi connectivity index (χ0) is 14.2. The second-order valence-electron chi connectivity index (χ2n) is 6.46. The molecule has 0 bridgehead atoms. The van der Waals surface area contributed by atoms with E-state index in [0.717, 1.165) is 13.1 Å². The van der Waals surface area contributed by atoms with Crippen LogP contribution in [0.3, 0.4) is 0 Å². The van der Waals surface area contributed by atoms with E-state index in [1.54, 1.807) is 0 Å². The minimum absolute atomic E-state index is 0.0251. The third-order valence-corrected chi connectivity index (χ3v) is 4.09. The molecule has 0 aliphatic carbocycles. The molecule has 106 valence electrons. The maximum absolute atomic E-state index is 9.79. The van der Waals surface area contributed by atoms with E-state index < -0.39 is 0 Å². The number of rotatable bonds is 2. The predicted octanol–water partition coefficient (Wildman–Crippen LogP) is 2.19. The Morgan fingerprint density at radius 3 is 2.37 bits per heavy atom. The van der Waals surface area contributed by atoms with Crippen LogP contribution in [0.1, 0.15) is 25.0 Å². The highest BCUT2D eigenvalue weighted by Crippen LogP contribution is 2.35. The van der Waals surface area contributed by atoms with E-state index in [1.807, 2.05) is 0 Å². The molecule has 0 radical (unpaired) electrons. The number of piperazine rings is 1. The van der Waals surface area contributed by atoms with Gasteiger partial charge in [-0.05, 0) is 45.9 Å². The Labute approximate surface area is 116 Å². The van der Waals surface area contributed by atoms with Crippen molar-refractivity contribution < 1.29 is 5.11 Å². The maximum Gasteiger partial charge on any atom is 0.0654 e. The summed E-state index contributed by atoms with van der Waals surface area (Å²) >= 11 is 0. The zero-order valence-corrected chi connectivity index (χ0v) is 12.8. The molecule has 1 heterocycles. The van der Waals surface area contributed by atoms with Gasteiger partial charge in [0, 0.05) is 24.3 Å². The number of likely N-dealkylation sites (N-methyl/N-ethyl adjacent to an activating group) is 1. The Bertz CT molecular complexity index is 436. The number of aryl methyl sites for hydroxylation is 2. The average molecular weight is 262 g/mol. The van der Waals surface area contributed by atoms with Crippen LogP contribution in [0.2, 0.25) is 0 Å². The van der Waals surface area contributed by atoms with E-state index in [-0.39, 0.29) is 18.2 Å². The third kappa shape index (κ3) is 2.63. The molecule has 0 aromatic heterocycles. The number of aliphatic hydroxyl groups excluding tert-OH is 1. The Hall–Kier alpha value is -1.06. The second kappa shape index (κ2) is 5.14. The third-order valence-electron chi connectivity index (χ3n) is 4.09. The lowest BCUT2D eigenvalue weighted by atomic mass is 9.92. The van der Waals surface area contributed by atoms with Gasteiger partial charge in [-0.15, -0.1) is 0 Å². The molecule has 1 saturated heterocycles. The Kier molecular flexibility index (Phi) is 3.88. The van der Waals surface area contributed by atoms with Gasteiger partial charge < -0.3 is 14.9 Å². The largest absolute Gasteiger partial charge is 0.394 e. The molecule has 3 nitrogen and oxygen atoms in total. The fourth-order valence-electron chi connectivity index (χ4n) is 3.55. The van der Waals surface area contributed by atoms with E-state index in [2.05, 4.69) is 62.7 Å². The monoisotopic (exact) mass is 262 g/mol. The highest BCUT2D eigenvalue weighted by atomic mass is 16.3. The number of aliphatic hydroxyl groups is 1. The summed E-state index contributed by atoms with van der Waals surface area (Å²) in [6.45, 7) is 11.0. The van der Waals surface area contributed by atoms with Crippen LogP contribution >= 0.6 is 0 Å². The number of hydrogen-bond acceptors (Lipinski definition) is 3. The lowest BCUT2D eigenvalue weighted by Gasteiger charge is -2.53. The summed E-state index contributed by atoms with van der Waals surface area (Å²) < 4.78 is 0. The van der Waals surface area contributed by atoms with Crippen LogP contribution in [0.4, 0.5) is 5.69 Å². The number of hydrogen-bond donors (Lipinski definition) is 1. The molecule has 1 unspecified atom stereocenters. The average Bonchev–Trinajstić information content (AvgIpc) is 2.29. The number of benzene rings is 1. The molecular formula is C16H26N2O. The SMILES string of the molecule is Cc1cccc(C)c1N1C(CO)CN(C)CC1(C)C. The highest BCUT2D eigenvalue weighted by molar-refractivity contribution is 5.61. The van der Waals surface area contributed by atoms with Crippen molar-refractivity contribution in [3.05, 3.63) is 29.3 Å². The molecule has 0 spiro atoms. The summed E-state index contributed by atoms with van der Waals surface area (Å²) in [5, 5.41) is 9.79. The van der Waals surface area contributed by atoms with E-state index in [4.69, 9.17) is 0 Å². The topological polar surface area (TPSA) is 26.7 Å². The van der Waals surface area contributed by atoms with Crippen molar-refractivity contribution in [1.82, 2.24) is 4.90 Å². The van der Waals surface area contributed by atoms with Gasteiger partial charge in [0.1, 0.15) is 0 Å². The Morgan fingerprint density at radius 2 is 1.84 bits per heavy atom. The van der Waals surface area contributed by atoms with E-state index in [0.29, 0.717) is 0 Å². The lowest BCUT2D eigenvalue weighted by Crippen LogP contribution is -2.64. The van der Waals surface area contributed by atoms with Crippen molar-refractivity contribution in [1.29, 1.82) is 0 Å². The highest BCUT2D eigenvalue weighted by Gasteiger charge is 2.39. The molecule has 0 saturated carbocycles. The first-order valence-corrected chi connectivity index (χ1v) is 7.02. The first kappa shape index (κ1) is 14.4. The molecule has 1 aliphatic heterocycles. The molecule has 2 rings (SSSR count). The van der Waals surface area contributed by atoms with Gasteiger partial charge in [-0.2, -0.15) is 0 Å². The van der Waals surface area contributed by atoms with Crippen LogP contribution in [0, 0.1) is 13.8 Å². The molecule has 1 atom stereocenters. The van der Waals surface area contributed by atoms with Gasteiger partial charge in [-0.1, -0.05) is 18.2 Å². The summed E-state index contributed by atoms with van der Waals surface area (Å²) in [5.41, 5.74) is 3.89. The quantitative estimate of drug-likeness (QED) is 0.885. The van der Waals surface area contributed by atoms with Crippen LogP contribution in [0.25, 0.3) is 0 Å². The van der Waals surface area contributed by atoms with Crippen LogP contribution in [-0.4, -0.2) is 48.3 Å². The summed E-state index contributed by atoms with van der Waals surface area (Å²) in [4.78, 5) is 4.74. The Balaban J connectivity index is 2.50. The zero-order valence-electron chi connectivity index (χ0n) is 12.8. The predicted molar refractivity (Wildman–Crippen MR) is 80.8 cm³/mol. The molecule has 1 aromatic rings. The normalized spacial score (nSPS) is 23.7. The van der Waals surface area contributed by atoms with Gasteiger partial charge in [0.25, 0.3) is 0 Å². The number of anilines is 1. The molecule has 1 aromatic carbocycles. The van der Waals surface area contributed by atoms with Gasteiger partial charge in [-0.25, -0.2) is 0 Å². The van der Waals surface area contributed by atoms with Crippen molar-refractivity contribution >= 4 is 5.69 Å². The van der Waals surface area contributed by atoms with Crippen molar-refractivity contribution in [2.24, 2.45) is 0 Å². The van der Waals surface area contributed by atoms with Gasteiger partial charge in [-0.3, -0.25) is 0 Å². The van der Waals surface area contributed by atoms with E-state index in [1.165, 1.54) is 16.8 Å². The summed E-state index contributed by atoms with van der Waals surface area (Å²) in [7, 11) is 2.13. The summed E-state index contributed by atoms with van der Waals surface area (Å²) in [5.74, 6) is 0. The molecule has 19 heavy (non-hydrogen) atoms. The maximum atomic E-state index is 9.79.